The first-order valence-corrected chi connectivity index (χ1v) is 8.03. The SMILES string of the molecule is Cc1c(C(=O)Nc2n[nH]c(-c3ccccn3)n2)[nH]c2c1C(=O)CCC2. The number of aryl methyl sites for hydroxylation is 1. The van der Waals surface area contributed by atoms with Crippen LogP contribution in [0.5, 0.6) is 0 Å². The maximum atomic E-state index is 12.5. The lowest BCUT2D eigenvalue weighted by Gasteiger charge is -2.09. The molecule has 0 aromatic carbocycles. The van der Waals surface area contributed by atoms with E-state index >= 15 is 0 Å². The third-order valence-electron chi connectivity index (χ3n) is 4.28. The van der Waals surface area contributed by atoms with E-state index in [9.17, 15) is 9.59 Å². The van der Waals surface area contributed by atoms with Gasteiger partial charge in [0.25, 0.3) is 5.91 Å². The number of anilines is 1. The van der Waals surface area contributed by atoms with Crippen LogP contribution in [0.2, 0.25) is 0 Å². The summed E-state index contributed by atoms with van der Waals surface area (Å²) in [5, 5.41) is 9.39. The van der Waals surface area contributed by atoms with Crippen LogP contribution in [0.15, 0.2) is 24.4 Å². The fourth-order valence-electron chi connectivity index (χ4n) is 3.10. The molecule has 0 unspecified atom stereocenters. The number of aromatic amines is 2. The van der Waals surface area contributed by atoms with Crippen LogP contribution in [0, 0.1) is 6.92 Å². The molecule has 126 valence electrons. The van der Waals surface area contributed by atoms with E-state index < -0.39 is 0 Å². The van der Waals surface area contributed by atoms with Gasteiger partial charge in [0.1, 0.15) is 11.4 Å². The smallest absolute Gasteiger partial charge is 0.274 e. The van der Waals surface area contributed by atoms with Crippen molar-refractivity contribution in [2.45, 2.75) is 26.2 Å². The highest BCUT2D eigenvalue weighted by Gasteiger charge is 2.26. The van der Waals surface area contributed by atoms with Crippen molar-refractivity contribution in [3.8, 4) is 11.5 Å². The molecule has 1 aliphatic rings. The van der Waals surface area contributed by atoms with Crippen LogP contribution in [0.3, 0.4) is 0 Å². The van der Waals surface area contributed by atoms with Gasteiger partial charge in [0.2, 0.25) is 5.95 Å². The fraction of sp³-hybridized carbons (Fsp3) is 0.235. The van der Waals surface area contributed by atoms with Crippen molar-refractivity contribution >= 4 is 17.6 Å². The molecule has 0 fully saturated rings. The molecule has 0 saturated heterocycles. The van der Waals surface area contributed by atoms with Crippen LogP contribution >= 0.6 is 0 Å². The number of fused-ring (bicyclic) bond motifs is 1. The third kappa shape index (κ3) is 2.71. The van der Waals surface area contributed by atoms with E-state index in [-0.39, 0.29) is 17.6 Å². The first-order chi connectivity index (χ1) is 12.1. The van der Waals surface area contributed by atoms with Crippen molar-refractivity contribution in [2.75, 3.05) is 5.32 Å². The predicted molar refractivity (Wildman–Crippen MR) is 90.4 cm³/mol. The Morgan fingerprint density at radius 3 is 2.92 bits per heavy atom. The van der Waals surface area contributed by atoms with Gasteiger partial charge in [0.05, 0.1) is 0 Å². The summed E-state index contributed by atoms with van der Waals surface area (Å²) < 4.78 is 0. The number of hydrogen-bond donors (Lipinski definition) is 3. The summed E-state index contributed by atoms with van der Waals surface area (Å²) in [7, 11) is 0. The third-order valence-corrected chi connectivity index (χ3v) is 4.28. The maximum absolute atomic E-state index is 12.5. The number of Topliss-reactive ketones (excluding diaryl/α,β-unsaturated/α-hetero) is 1. The van der Waals surface area contributed by atoms with Crippen molar-refractivity contribution < 1.29 is 9.59 Å². The van der Waals surface area contributed by atoms with Crippen LogP contribution in [-0.2, 0) is 6.42 Å². The molecule has 3 aromatic heterocycles. The highest BCUT2D eigenvalue weighted by Crippen LogP contribution is 2.26. The molecule has 3 aromatic rings. The molecule has 4 rings (SSSR count). The molecule has 0 aliphatic heterocycles. The highest BCUT2D eigenvalue weighted by molar-refractivity contribution is 6.08. The largest absolute Gasteiger partial charge is 0.354 e. The number of carbonyl (C=O) groups excluding carboxylic acids is 2. The molecule has 1 aliphatic carbocycles. The number of ketones is 1. The van der Waals surface area contributed by atoms with Crippen LogP contribution in [0.25, 0.3) is 11.5 Å². The monoisotopic (exact) mass is 336 g/mol. The second-order valence-corrected chi connectivity index (χ2v) is 5.93. The number of H-pyrrole nitrogens is 2. The zero-order valence-electron chi connectivity index (χ0n) is 13.6. The Labute approximate surface area is 143 Å². The van der Waals surface area contributed by atoms with E-state index in [1.54, 1.807) is 25.3 Å². The van der Waals surface area contributed by atoms with Crippen molar-refractivity contribution in [2.24, 2.45) is 0 Å². The Morgan fingerprint density at radius 2 is 2.16 bits per heavy atom. The summed E-state index contributed by atoms with van der Waals surface area (Å²) in [4.78, 5) is 36.1. The van der Waals surface area contributed by atoms with Gasteiger partial charge in [-0.05, 0) is 37.5 Å². The summed E-state index contributed by atoms with van der Waals surface area (Å²) >= 11 is 0. The minimum Gasteiger partial charge on any atom is -0.354 e. The molecule has 25 heavy (non-hydrogen) atoms. The number of amides is 1. The molecular weight excluding hydrogens is 320 g/mol. The molecule has 0 atom stereocenters. The summed E-state index contributed by atoms with van der Waals surface area (Å²) in [6, 6.07) is 5.44. The number of aromatic nitrogens is 5. The molecular formula is C17H16N6O2. The Bertz CT molecular complexity index is 957. The molecule has 3 heterocycles. The summed E-state index contributed by atoms with van der Waals surface area (Å²) in [6.07, 6.45) is 3.77. The number of hydrogen-bond acceptors (Lipinski definition) is 5. The van der Waals surface area contributed by atoms with E-state index in [4.69, 9.17) is 0 Å². The van der Waals surface area contributed by atoms with E-state index in [0.29, 0.717) is 34.8 Å². The molecule has 8 nitrogen and oxygen atoms in total. The van der Waals surface area contributed by atoms with Gasteiger partial charge in [-0.25, -0.2) is 0 Å². The second-order valence-electron chi connectivity index (χ2n) is 5.93. The Balaban J connectivity index is 1.57. The first-order valence-electron chi connectivity index (χ1n) is 8.03. The molecule has 0 bridgehead atoms. The topological polar surface area (TPSA) is 116 Å². The first kappa shape index (κ1) is 15.3. The Kier molecular flexibility index (Phi) is 3.64. The van der Waals surface area contributed by atoms with E-state index in [2.05, 4.69) is 30.5 Å². The minimum atomic E-state index is -0.369. The van der Waals surface area contributed by atoms with Crippen molar-refractivity contribution in [1.29, 1.82) is 0 Å². The quantitative estimate of drug-likeness (QED) is 0.678. The summed E-state index contributed by atoms with van der Waals surface area (Å²) in [5.74, 6) is 0.341. The average molecular weight is 336 g/mol. The van der Waals surface area contributed by atoms with Crippen LogP contribution < -0.4 is 5.32 Å². The average Bonchev–Trinajstić information content (AvgIpc) is 3.21. The number of rotatable bonds is 3. The summed E-state index contributed by atoms with van der Waals surface area (Å²) in [6.45, 7) is 1.78. The van der Waals surface area contributed by atoms with Gasteiger partial charge in [-0.2, -0.15) is 4.98 Å². The zero-order chi connectivity index (χ0) is 17.4. The number of pyridine rings is 1. The zero-order valence-corrected chi connectivity index (χ0v) is 13.6. The van der Waals surface area contributed by atoms with Gasteiger partial charge >= 0.3 is 0 Å². The van der Waals surface area contributed by atoms with E-state index in [0.717, 1.165) is 18.5 Å². The second kappa shape index (κ2) is 5.97. The highest BCUT2D eigenvalue weighted by atomic mass is 16.2. The lowest BCUT2D eigenvalue weighted by Crippen LogP contribution is -2.15. The van der Waals surface area contributed by atoms with Gasteiger partial charge in [-0.15, -0.1) is 5.10 Å². The van der Waals surface area contributed by atoms with Gasteiger partial charge in [0, 0.05) is 23.9 Å². The maximum Gasteiger partial charge on any atom is 0.274 e. The fourth-order valence-corrected chi connectivity index (χ4v) is 3.10. The summed E-state index contributed by atoms with van der Waals surface area (Å²) in [5.41, 5.74) is 3.18. The molecule has 0 saturated carbocycles. The Morgan fingerprint density at radius 1 is 1.28 bits per heavy atom. The number of carbonyl (C=O) groups is 2. The van der Waals surface area contributed by atoms with Crippen LogP contribution in [0.4, 0.5) is 5.95 Å². The minimum absolute atomic E-state index is 0.0874. The number of nitrogens with one attached hydrogen (secondary N) is 3. The van der Waals surface area contributed by atoms with E-state index in [1.165, 1.54) is 0 Å². The lowest BCUT2D eigenvalue weighted by molar-refractivity contribution is 0.0971. The van der Waals surface area contributed by atoms with Crippen LogP contribution in [-0.4, -0.2) is 36.8 Å². The van der Waals surface area contributed by atoms with Crippen LogP contribution in [0.1, 0.15) is 44.9 Å². The molecule has 1 amide bonds. The molecule has 8 heteroatoms. The van der Waals surface area contributed by atoms with Gasteiger partial charge in [-0.3, -0.25) is 25.0 Å². The lowest BCUT2D eigenvalue weighted by atomic mass is 9.94. The number of nitrogens with zero attached hydrogens (tertiary/aromatic N) is 3. The van der Waals surface area contributed by atoms with Crippen molar-refractivity contribution in [1.82, 2.24) is 25.1 Å². The molecule has 0 spiro atoms. The van der Waals surface area contributed by atoms with Gasteiger partial charge in [-0.1, -0.05) is 6.07 Å². The Hall–Kier alpha value is -3.29. The van der Waals surface area contributed by atoms with Gasteiger partial charge < -0.3 is 4.98 Å². The standard InChI is InChI=1S/C17H16N6O2/c1-9-13-10(6-4-7-12(13)24)19-14(9)16(25)21-17-20-15(22-23-17)11-5-2-3-8-18-11/h2-3,5,8,19H,4,6-7H2,1H3,(H2,20,21,22,23,25). The van der Waals surface area contributed by atoms with Gasteiger partial charge in [0.15, 0.2) is 11.6 Å². The molecule has 0 radical (unpaired) electrons. The normalized spacial score (nSPS) is 13.6. The molecule has 3 N–H and O–H groups in total. The predicted octanol–water partition coefficient (Wildman–Crippen LogP) is 2.27. The van der Waals surface area contributed by atoms with Crippen molar-refractivity contribution in [3.05, 3.63) is 46.9 Å². The van der Waals surface area contributed by atoms with E-state index in [1.807, 2.05) is 6.07 Å². The van der Waals surface area contributed by atoms with Crippen molar-refractivity contribution in [3.63, 3.8) is 0 Å².